The molecule has 0 saturated carbocycles. The van der Waals surface area contributed by atoms with Gasteiger partial charge in [-0.25, -0.2) is 9.97 Å². The number of ether oxygens (including phenoxy) is 2. The highest BCUT2D eigenvalue weighted by atomic mass is 16.5. The van der Waals surface area contributed by atoms with E-state index in [1.807, 2.05) is 20.9 Å². The van der Waals surface area contributed by atoms with Crippen molar-refractivity contribution < 1.29 is 9.47 Å². The van der Waals surface area contributed by atoms with Gasteiger partial charge >= 0.3 is 0 Å². The second kappa shape index (κ2) is 7.16. The Balaban J connectivity index is 2.69. The fourth-order valence-electron chi connectivity index (χ4n) is 1.64. The van der Waals surface area contributed by atoms with Gasteiger partial charge in [0.1, 0.15) is 18.8 Å². The monoisotopic (exact) mass is 253 g/mol. The van der Waals surface area contributed by atoms with Gasteiger partial charge in [-0.15, -0.1) is 0 Å². The van der Waals surface area contributed by atoms with Crippen LogP contribution in [0.3, 0.4) is 0 Å². The van der Waals surface area contributed by atoms with E-state index in [0.29, 0.717) is 25.0 Å². The first-order valence-electron chi connectivity index (χ1n) is 6.33. The molecule has 18 heavy (non-hydrogen) atoms. The molecule has 0 radical (unpaired) electrons. The molecular formula is C13H23N3O2. The maximum Gasteiger partial charge on any atom is 0.222 e. The van der Waals surface area contributed by atoms with Crippen molar-refractivity contribution >= 4 is 5.82 Å². The zero-order valence-electron chi connectivity index (χ0n) is 11.9. The van der Waals surface area contributed by atoms with Crippen LogP contribution in [0.5, 0.6) is 5.88 Å². The Bertz CT molecular complexity index is 367. The van der Waals surface area contributed by atoms with Crippen LogP contribution in [0.2, 0.25) is 0 Å². The van der Waals surface area contributed by atoms with E-state index in [4.69, 9.17) is 9.47 Å². The number of nitrogens with one attached hydrogen (secondary N) is 1. The van der Waals surface area contributed by atoms with Crippen LogP contribution in [-0.4, -0.2) is 36.3 Å². The van der Waals surface area contributed by atoms with Crippen molar-refractivity contribution in [3.05, 3.63) is 11.9 Å². The molecule has 1 rings (SSSR count). The molecule has 0 fully saturated rings. The predicted molar refractivity (Wildman–Crippen MR) is 72.3 cm³/mol. The number of aromatic nitrogens is 2. The van der Waals surface area contributed by atoms with Crippen molar-refractivity contribution in [3.63, 3.8) is 0 Å². The molecular weight excluding hydrogens is 230 g/mol. The zero-order chi connectivity index (χ0) is 13.5. The minimum Gasteiger partial charge on any atom is -0.475 e. The van der Waals surface area contributed by atoms with Crippen LogP contribution >= 0.6 is 0 Å². The summed E-state index contributed by atoms with van der Waals surface area (Å²) in [5.41, 5.74) is 1.00. The molecule has 0 spiro atoms. The smallest absolute Gasteiger partial charge is 0.222 e. The molecule has 1 aromatic heterocycles. The van der Waals surface area contributed by atoms with E-state index in [9.17, 15) is 0 Å². The van der Waals surface area contributed by atoms with Gasteiger partial charge in [-0.3, -0.25) is 0 Å². The molecule has 5 heteroatoms. The van der Waals surface area contributed by atoms with Gasteiger partial charge in [0.25, 0.3) is 0 Å². The number of nitrogens with zero attached hydrogens (tertiary/aromatic N) is 2. The minimum atomic E-state index is 0.219. The van der Waals surface area contributed by atoms with Crippen LogP contribution in [0.4, 0.5) is 5.82 Å². The van der Waals surface area contributed by atoms with Gasteiger partial charge in [0.05, 0.1) is 18.3 Å². The molecule has 1 heterocycles. The van der Waals surface area contributed by atoms with E-state index in [1.165, 1.54) is 6.33 Å². The Morgan fingerprint density at radius 3 is 2.44 bits per heavy atom. The molecule has 0 aromatic carbocycles. The van der Waals surface area contributed by atoms with E-state index < -0.39 is 0 Å². The normalized spacial score (nSPS) is 11.1. The third kappa shape index (κ3) is 4.14. The summed E-state index contributed by atoms with van der Waals surface area (Å²) in [4.78, 5) is 8.40. The third-order valence-corrected chi connectivity index (χ3v) is 2.43. The Labute approximate surface area is 109 Å². The van der Waals surface area contributed by atoms with E-state index in [1.54, 1.807) is 0 Å². The summed E-state index contributed by atoms with van der Waals surface area (Å²) in [5, 5.41) is 3.06. The van der Waals surface area contributed by atoms with Crippen LogP contribution in [0, 0.1) is 0 Å². The standard InChI is InChI=1S/C13H23N3O2/c1-9(2)11-12(14-5)15-8-16-13(11)18-7-6-17-10(3)4/h8-10H,6-7H2,1-5H3,(H,14,15,16). The lowest BCUT2D eigenvalue weighted by molar-refractivity contribution is 0.0539. The Hall–Kier alpha value is -1.36. The van der Waals surface area contributed by atoms with Crippen molar-refractivity contribution in [1.82, 2.24) is 9.97 Å². The van der Waals surface area contributed by atoms with Crippen LogP contribution in [0.25, 0.3) is 0 Å². The Morgan fingerprint density at radius 2 is 1.89 bits per heavy atom. The molecule has 0 aliphatic heterocycles. The highest BCUT2D eigenvalue weighted by molar-refractivity contribution is 5.50. The fraction of sp³-hybridized carbons (Fsp3) is 0.692. The van der Waals surface area contributed by atoms with Gasteiger partial charge in [-0.1, -0.05) is 13.8 Å². The van der Waals surface area contributed by atoms with Gasteiger partial charge < -0.3 is 14.8 Å². The summed E-state index contributed by atoms with van der Waals surface area (Å²) in [6.45, 7) is 9.26. The number of hydrogen-bond acceptors (Lipinski definition) is 5. The fourth-order valence-corrected chi connectivity index (χ4v) is 1.64. The quantitative estimate of drug-likeness (QED) is 0.756. The lowest BCUT2D eigenvalue weighted by Crippen LogP contribution is -2.13. The summed E-state index contributed by atoms with van der Waals surface area (Å²) < 4.78 is 11.1. The van der Waals surface area contributed by atoms with Crippen molar-refractivity contribution in [2.24, 2.45) is 0 Å². The largest absolute Gasteiger partial charge is 0.475 e. The molecule has 0 bridgehead atoms. The molecule has 0 amide bonds. The first-order valence-corrected chi connectivity index (χ1v) is 6.33. The molecule has 0 aliphatic carbocycles. The average molecular weight is 253 g/mol. The van der Waals surface area contributed by atoms with Gasteiger partial charge in [-0.05, 0) is 19.8 Å². The average Bonchev–Trinajstić information content (AvgIpc) is 2.33. The number of anilines is 1. The highest BCUT2D eigenvalue weighted by Crippen LogP contribution is 2.29. The van der Waals surface area contributed by atoms with Gasteiger partial charge in [-0.2, -0.15) is 0 Å². The molecule has 5 nitrogen and oxygen atoms in total. The molecule has 1 aromatic rings. The van der Waals surface area contributed by atoms with Gasteiger partial charge in [0, 0.05) is 7.05 Å². The van der Waals surface area contributed by atoms with Crippen LogP contribution in [0.1, 0.15) is 39.2 Å². The molecule has 0 saturated heterocycles. The van der Waals surface area contributed by atoms with E-state index >= 15 is 0 Å². The minimum absolute atomic E-state index is 0.219. The second-order valence-corrected chi connectivity index (χ2v) is 4.61. The summed E-state index contributed by atoms with van der Waals surface area (Å²) in [7, 11) is 1.85. The van der Waals surface area contributed by atoms with Crippen LogP contribution in [-0.2, 0) is 4.74 Å². The van der Waals surface area contributed by atoms with E-state index in [2.05, 4.69) is 29.1 Å². The van der Waals surface area contributed by atoms with Crippen LogP contribution < -0.4 is 10.1 Å². The molecule has 0 atom stereocenters. The third-order valence-electron chi connectivity index (χ3n) is 2.43. The summed E-state index contributed by atoms with van der Waals surface area (Å²) in [6.07, 6.45) is 1.73. The second-order valence-electron chi connectivity index (χ2n) is 4.61. The SMILES string of the molecule is CNc1ncnc(OCCOC(C)C)c1C(C)C. The Morgan fingerprint density at radius 1 is 1.17 bits per heavy atom. The first kappa shape index (κ1) is 14.7. The zero-order valence-corrected chi connectivity index (χ0v) is 11.9. The molecule has 0 aliphatic rings. The molecule has 0 unspecified atom stereocenters. The maximum atomic E-state index is 5.68. The van der Waals surface area contributed by atoms with Crippen LogP contribution in [0.15, 0.2) is 6.33 Å². The molecule has 102 valence electrons. The van der Waals surface area contributed by atoms with Gasteiger partial charge in [0.15, 0.2) is 0 Å². The number of hydrogen-bond donors (Lipinski definition) is 1. The Kier molecular flexibility index (Phi) is 5.85. The van der Waals surface area contributed by atoms with Crippen molar-refractivity contribution in [2.45, 2.75) is 39.7 Å². The van der Waals surface area contributed by atoms with Crippen molar-refractivity contribution in [2.75, 3.05) is 25.6 Å². The van der Waals surface area contributed by atoms with Crippen molar-refractivity contribution in [3.8, 4) is 5.88 Å². The predicted octanol–water partition coefficient (Wildman–Crippen LogP) is 2.45. The summed E-state index contributed by atoms with van der Waals surface area (Å²) >= 11 is 0. The van der Waals surface area contributed by atoms with E-state index in [-0.39, 0.29) is 6.10 Å². The molecule has 1 N–H and O–H groups in total. The van der Waals surface area contributed by atoms with E-state index in [0.717, 1.165) is 11.4 Å². The lowest BCUT2D eigenvalue weighted by Gasteiger charge is -2.16. The lowest BCUT2D eigenvalue weighted by atomic mass is 10.1. The topological polar surface area (TPSA) is 56.3 Å². The summed E-state index contributed by atoms with van der Waals surface area (Å²) in [6, 6.07) is 0. The first-order chi connectivity index (χ1) is 8.56. The number of rotatable bonds is 7. The van der Waals surface area contributed by atoms with Crippen molar-refractivity contribution in [1.29, 1.82) is 0 Å². The highest BCUT2D eigenvalue weighted by Gasteiger charge is 2.15. The maximum absolute atomic E-state index is 5.68. The summed E-state index contributed by atoms with van der Waals surface area (Å²) in [5.74, 6) is 1.76. The van der Waals surface area contributed by atoms with Gasteiger partial charge in [0.2, 0.25) is 5.88 Å².